The summed E-state index contributed by atoms with van der Waals surface area (Å²) in [5, 5.41) is 0.657. The Labute approximate surface area is 135 Å². The van der Waals surface area contributed by atoms with Gasteiger partial charge < -0.3 is 4.74 Å². The Balaban J connectivity index is 1.68. The Morgan fingerprint density at radius 3 is 2.38 bits per heavy atom. The highest BCUT2D eigenvalue weighted by Gasteiger charge is 2.29. The standard InChI is InChI=1S/C18H13F4NO/c19-16-3-1-2-15-13(8-9-23-17(15)16)11-24-10-12-4-6-14(7-5-12)18(20,21)22/h1-9H,10-11H2. The van der Waals surface area contributed by atoms with Crippen LogP contribution in [0.1, 0.15) is 16.7 Å². The van der Waals surface area contributed by atoms with Gasteiger partial charge >= 0.3 is 6.18 Å². The molecule has 0 radical (unpaired) electrons. The molecule has 0 N–H and O–H groups in total. The Hall–Kier alpha value is -2.47. The minimum atomic E-state index is -4.35. The molecule has 0 fully saturated rings. The zero-order valence-corrected chi connectivity index (χ0v) is 12.5. The summed E-state index contributed by atoms with van der Waals surface area (Å²) in [5.74, 6) is -0.405. The third kappa shape index (κ3) is 3.54. The molecule has 1 aromatic heterocycles. The fourth-order valence-electron chi connectivity index (χ4n) is 2.39. The third-order valence-corrected chi connectivity index (χ3v) is 3.62. The van der Waals surface area contributed by atoms with Crippen LogP contribution >= 0.6 is 0 Å². The predicted octanol–water partition coefficient (Wildman–Crippen LogP) is 5.11. The lowest BCUT2D eigenvalue weighted by atomic mass is 10.1. The van der Waals surface area contributed by atoms with Crippen molar-refractivity contribution >= 4 is 10.9 Å². The molecule has 2 aromatic carbocycles. The molecule has 0 amide bonds. The topological polar surface area (TPSA) is 22.1 Å². The van der Waals surface area contributed by atoms with Crippen molar-refractivity contribution in [2.45, 2.75) is 19.4 Å². The number of benzene rings is 2. The van der Waals surface area contributed by atoms with Crippen molar-refractivity contribution in [3.63, 3.8) is 0 Å². The quantitative estimate of drug-likeness (QED) is 0.618. The van der Waals surface area contributed by atoms with Crippen molar-refractivity contribution < 1.29 is 22.3 Å². The van der Waals surface area contributed by atoms with Gasteiger partial charge in [-0.25, -0.2) is 4.39 Å². The molecule has 0 aliphatic rings. The number of nitrogens with zero attached hydrogens (tertiary/aromatic N) is 1. The van der Waals surface area contributed by atoms with E-state index in [1.54, 1.807) is 18.2 Å². The summed E-state index contributed by atoms with van der Waals surface area (Å²) < 4.78 is 56.8. The zero-order valence-electron chi connectivity index (χ0n) is 12.5. The fraction of sp³-hybridized carbons (Fsp3) is 0.167. The summed E-state index contributed by atoms with van der Waals surface area (Å²) in [5.41, 5.74) is 0.980. The Morgan fingerprint density at radius 2 is 1.67 bits per heavy atom. The molecule has 0 bridgehead atoms. The van der Waals surface area contributed by atoms with E-state index in [1.807, 2.05) is 0 Å². The highest BCUT2D eigenvalue weighted by Crippen LogP contribution is 2.29. The molecular formula is C18H13F4NO. The summed E-state index contributed by atoms with van der Waals surface area (Å²) in [6, 6.07) is 11.2. The van der Waals surface area contributed by atoms with E-state index in [2.05, 4.69) is 4.98 Å². The van der Waals surface area contributed by atoms with Crippen molar-refractivity contribution in [1.29, 1.82) is 0 Å². The molecule has 6 heteroatoms. The molecule has 0 atom stereocenters. The molecule has 1 heterocycles. The van der Waals surface area contributed by atoms with Crippen LogP contribution in [-0.4, -0.2) is 4.98 Å². The van der Waals surface area contributed by atoms with Crippen molar-refractivity contribution in [1.82, 2.24) is 4.98 Å². The summed E-state index contributed by atoms with van der Waals surface area (Å²) in [4.78, 5) is 4.00. The molecule has 0 unspecified atom stereocenters. The van der Waals surface area contributed by atoms with E-state index in [-0.39, 0.29) is 18.7 Å². The highest BCUT2D eigenvalue weighted by atomic mass is 19.4. The van der Waals surface area contributed by atoms with E-state index in [4.69, 9.17) is 4.74 Å². The lowest BCUT2D eigenvalue weighted by molar-refractivity contribution is -0.137. The van der Waals surface area contributed by atoms with E-state index in [9.17, 15) is 17.6 Å². The maximum absolute atomic E-state index is 13.7. The molecule has 3 aromatic rings. The first kappa shape index (κ1) is 16.4. The molecule has 0 aliphatic carbocycles. The molecule has 2 nitrogen and oxygen atoms in total. The maximum atomic E-state index is 13.7. The zero-order chi connectivity index (χ0) is 17.2. The van der Waals surface area contributed by atoms with Crippen molar-refractivity contribution in [3.8, 4) is 0 Å². The Bertz CT molecular complexity index is 844. The number of alkyl halides is 3. The van der Waals surface area contributed by atoms with E-state index in [1.165, 1.54) is 24.4 Å². The summed E-state index contributed by atoms with van der Waals surface area (Å²) in [6.45, 7) is 0.376. The third-order valence-electron chi connectivity index (χ3n) is 3.62. The number of aromatic nitrogens is 1. The van der Waals surface area contributed by atoms with Gasteiger partial charge in [-0.15, -0.1) is 0 Å². The van der Waals surface area contributed by atoms with Gasteiger partial charge in [0, 0.05) is 11.6 Å². The molecule has 0 aliphatic heterocycles. The van der Waals surface area contributed by atoms with Gasteiger partial charge in [-0.3, -0.25) is 4.98 Å². The first-order chi connectivity index (χ1) is 11.4. The summed E-state index contributed by atoms with van der Waals surface area (Å²) in [7, 11) is 0. The summed E-state index contributed by atoms with van der Waals surface area (Å²) in [6.07, 6.45) is -2.85. The first-order valence-electron chi connectivity index (χ1n) is 7.21. The molecule has 3 rings (SSSR count). The number of ether oxygens (including phenoxy) is 1. The van der Waals surface area contributed by atoms with Crippen LogP contribution in [0.15, 0.2) is 54.7 Å². The number of rotatable bonds is 4. The van der Waals surface area contributed by atoms with Gasteiger partial charge in [-0.05, 0) is 35.4 Å². The van der Waals surface area contributed by atoms with Crippen LogP contribution in [0.3, 0.4) is 0 Å². The highest BCUT2D eigenvalue weighted by molar-refractivity contribution is 5.82. The second-order valence-corrected chi connectivity index (χ2v) is 5.29. The number of hydrogen-bond acceptors (Lipinski definition) is 2. The predicted molar refractivity (Wildman–Crippen MR) is 81.6 cm³/mol. The van der Waals surface area contributed by atoms with Crippen molar-refractivity contribution in [3.05, 3.63) is 77.2 Å². The van der Waals surface area contributed by atoms with Gasteiger partial charge in [-0.2, -0.15) is 13.2 Å². The molecule has 0 saturated heterocycles. The Kier molecular flexibility index (Phi) is 4.49. The van der Waals surface area contributed by atoms with Crippen LogP contribution < -0.4 is 0 Å². The normalized spacial score (nSPS) is 11.8. The van der Waals surface area contributed by atoms with Gasteiger partial charge in [0.2, 0.25) is 0 Å². The number of pyridine rings is 1. The van der Waals surface area contributed by atoms with Gasteiger partial charge in [-0.1, -0.05) is 24.3 Å². The number of para-hydroxylation sites is 1. The number of halogens is 4. The number of fused-ring (bicyclic) bond motifs is 1. The minimum Gasteiger partial charge on any atom is -0.372 e. The SMILES string of the molecule is Fc1cccc2c(COCc3ccc(C(F)(F)F)cc3)ccnc12. The molecular weight excluding hydrogens is 322 g/mol. The van der Waals surface area contributed by atoms with Crippen LogP contribution in [-0.2, 0) is 24.1 Å². The van der Waals surface area contributed by atoms with E-state index in [0.717, 1.165) is 17.7 Å². The molecule has 0 spiro atoms. The first-order valence-corrected chi connectivity index (χ1v) is 7.21. The van der Waals surface area contributed by atoms with Gasteiger partial charge in [0.15, 0.2) is 0 Å². The second-order valence-electron chi connectivity index (χ2n) is 5.29. The van der Waals surface area contributed by atoms with Crippen LogP contribution in [0.25, 0.3) is 10.9 Å². The van der Waals surface area contributed by atoms with Crippen LogP contribution in [0, 0.1) is 5.82 Å². The van der Waals surface area contributed by atoms with Crippen LogP contribution in [0.5, 0.6) is 0 Å². The summed E-state index contributed by atoms with van der Waals surface area (Å²) >= 11 is 0. The second kappa shape index (κ2) is 6.57. The lowest BCUT2D eigenvalue weighted by Crippen LogP contribution is -2.04. The van der Waals surface area contributed by atoms with Gasteiger partial charge in [0.1, 0.15) is 11.3 Å². The Morgan fingerprint density at radius 1 is 0.917 bits per heavy atom. The monoisotopic (exact) mass is 335 g/mol. The van der Waals surface area contributed by atoms with Gasteiger partial charge in [0.05, 0.1) is 18.8 Å². The molecule has 0 saturated carbocycles. The molecule has 24 heavy (non-hydrogen) atoms. The number of hydrogen-bond donors (Lipinski definition) is 0. The largest absolute Gasteiger partial charge is 0.416 e. The van der Waals surface area contributed by atoms with Crippen molar-refractivity contribution in [2.24, 2.45) is 0 Å². The smallest absolute Gasteiger partial charge is 0.372 e. The van der Waals surface area contributed by atoms with E-state index >= 15 is 0 Å². The van der Waals surface area contributed by atoms with Crippen molar-refractivity contribution in [2.75, 3.05) is 0 Å². The van der Waals surface area contributed by atoms with Crippen LogP contribution in [0.2, 0.25) is 0 Å². The average Bonchev–Trinajstić information content (AvgIpc) is 2.55. The minimum absolute atomic E-state index is 0.164. The lowest BCUT2D eigenvalue weighted by Gasteiger charge is -2.09. The van der Waals surface area contributed by atoms with Gasteiger partial charge in [0.25, 0.3) is 0 Å². The average molecular weight is 335 g/mol. The van der Waals surface area contributed by atoms with E-state index in [0.29, 0.717) is 10.9 Å². The van der Waals surface area contributed by atoms with E-state index < -0.39 is 17.6 Å². The maximum Gasteiger partial charge on any atom is 0.416 e. The fourth-order valence-corrected chi connectivity index (χ4v) is 2.39. The van der Waals surface area contributed by atoms with Crippen LogP contribution in [0.4, 0.5) is 17.6 Å². The molecule has 124 valence electrons.